The zero-order valence-electron chi connectivity index (χ0n) is 7.86. The van der Waals surface area contributed by atoms with E-state index in [2.05, 4.69) is 20.7 Å². The highest BCUT2D eigenvalue weighted by Gasteiger charge is 2.37. The molecule has 0 saturated carbocycles. The Morgan fingerprint density at radius 2 is 2.00 bits per heavy atom. The van der Waals surface area contributed by atoms with Crippen molar-refractivity contribution in [3.8, 4) is 0 Å². The summed E-state index contributed by atoms with van der Waals surface area (Å²) in [4.78, 5) is 11.2. The number of ether oxygens (including phenoxy) is 1. The van der Waals surface area contributed by atoms with Crippen molar-refractivity contribution in [3.05, 3.63) is 32.8 Å². The molecule has 16 heavy (non-hydrogen) atoms. The molecule has 0 heterocycles. The molecule has 0 spiro atoms. The van der Waals surface area contributed by atoms with E-state index in [1.54, 1.807) is 0 Å². The first-order valence-electron chi connectivity index (χ1n) is 3.92. The molecule has 0 radical (unpaired) electrons. The molecule has 7 heteroatoms. The number of halogens is 5. The smallest absolute Gasteiger partial charge is 0.417 e. The Kier molecular flexibility index (Phi) is 3.85. The topological polar surface area (TPSA) is 26.3 Å². The van der Waals surface area contributed by atoms with Gasteiger partial charge in [0.15, 0.2) is 0 Å². The molecular formula is C9H5BrClF3O2. The van der Waals surface area contributed by atoms with Crippen LogP contribution in [0, 0.1) is 0 Å². The molecule has 0 fully saturated rings. The van der Waals surface area contributed by atoms with E-state index in [1.165, 1.54) is 0 Å². The maximum atomic E-state index is 12.6. The monoisotopic (exact) mass is 316 g/mol. The molecule has 88 valence electrons. The van der Waals surface area contributed by atoms with Crippen molar-refractivity contribution in [2.24, 2.45) is 0 Å². The van der Waals surface area contributed by atoms with E-state index in [9.17, 15) is 18.0 Å². The molecule has 1 rings (SSSR count). The Morgan fingerprint density at radius 3 is 2.44 bits per heavy atom. The Bertz CT molecular complexity index is 431. The fourth-order valence-electron chi connectivity index (χ4n) is 1.09. The SMILES string of the molecule is COC(=O)c1c(C(F)(F)F)ccc(Br)c1Cl. The molecule has 0 aliphatic rings. The highest BCUT2D eigenvalue weighted by Crippen LogP contribution is 2.38. The van der Waals surface area contributed by atoms with Gasteiger partial charge in [0.2, 0.25) is 0 Å². The normalized spacial score (nSPS) is 11.4. The minimum absolute atomic E-state index is 0.197. The van der Waals surface area contributed by atoms with Crippen molar-refractivity contribution < 1.29 is 22.7 Å². The van der Waals surface area contributed by atoms with E-state index >= 15 is 0 Å². The Labute approximate surface area is 102 Å². The maximum absolute atomic E-state index is 12.6. The lowest BCUT2D eigenvalue weighted by molar-refractivity contribution is -0.138. The standard InChI is InChI=1S/C9H5BrClF3O2/c1-16-8(15)6-4(9(12,13)14)2-3-5(10)7(6)11/h2-3H,1H3. The predicted octanol–water partition coefficient (Wildman–Crippen LogP) is 3.91. The fraction of sp³-hybridized carbons (Fsp3) is 0.222. The van der Waals surface area contributed by atoms with Crippen LogP contribution >= 0.6 is 27.5 Å². The molecule has 1 aromatic rings. The number of benzene rings is 1. The van der Waals surface area contributed by atoms with Gasteiger partial charge in [-0.25, -0.2) is 4.79 Å². The molecule has 0 amide bonds. The number of carbonyl (C=O) groups excluding carboxylic acids is 1. The van der Waals surface area contributed by atoms with Gasteiger partial charge in [0.1, 0.15) is 0 Å². The number of hydrogen-bond acceptors (Lipinski definition) is 2. The molecule has 1 aromatic carbocycles. The number of rotatable bonds is 1. The third-order valence-corrected chi connectivity index (χ3v) is 3.07. The molecule has 0 aliphatic heterocycles. The van der Waals surface area contributed by atoms with E-state index < -0.39 is 23.3 Å². The van der Waals surface area contributed by atoms with Crippen LogP contribution in [0.2, 0.25) is 5.02 Å². The second-order valence-corrected chi connectivity index (χ2v) is 4.01. The van der Waals surface area contributed by atoms with Crippen LogP contribution in [0.25, 0.3) is 0 Å². The van der Waals surface area contributed by atoms with Gasteiger partial charge in [-0.1, -0.05) is 11.6 Å². The summed E-state index contributed by atoms with van der Waals surface area (Å²) < 4.78 is 42.2. The molecule has 0 N–H and O–H groups in total. The lowest BCUT2D eigenvalue weighted by Gasteiger charge is -2.13. The van der Waals surface area contributed by atoms with Crippen molar-refractivity contribution in [2.45, 2.75) is 6.18 Å². The second kappa shape index (κ2) is 4.63. The minimum Gasteiger partial charge on any atom is -0.465 e. The van der Waals surface area contributed by atoms with E-state index in [0.29, 0.717) is 0 Å². The van der Waals surface area contributed by atoms with Gasteiger partial charge in [0.25, 0.3) is 0 Å². The van der Waals surface area contributed by atoms with Crippen LogP contribution in [0.5, 0.6) is 0 Å². The van der Waals surface area contributed by atoms with E-state index in [-0.39, 0.29) is 9.50 Å². The van der Waals surface area contributed by atoms with Gasteiger partial charge in [-0.3, -0.25) is 0 Å². The van der Waals surface area contributed by atoms with Gasteiger partial charge in [-0.05, 0) is 28.1 Å². The molecule has 0 unspecified atom stereocenters. The van der Waals surface area contributed by atoms with Gasteiger partial charge < -0.3 is 4.74 Å². The van der Waals surface area contributed by atoms with Gasteiger partial charge in [0, 0.05) is 4.47 Å². The number of methoxy groups -OCH3 is 1. The first-order valence-corrected chi connectivity index (χ1v) is 5.09. The molecule has 2 nitrogen and oxygen atoms in total. The molecule has 0 atom stereocenters. The third-order valence-electron chi connectivity index (χ3n) is 1.79. The number of hydrogen-bond donors (Lipinski definition) is 0. The average Bonchev–Trinajstić information content (AvgIpc) is 2.19. The lowest BCUT2D eigenvalue weighted by Crippen LogP contribution is -2.15. The van der Waals surface area contributed by atoms with Crippen LogP contribution in [-0.2, 0) is 10.9 Å². The zero-order chi connectivity index (χ0) is 12.5. The van der Waals surface area contributed by atoms with E-state index in [1.807, 2.05) is 0 Å². The summed E-state index contributed by atoms with van der Waals surface area (Å²) in [7, 11) is 0.986. The average molecular weight is 317 g/mol. The molecule has 0 aromatic heterocycles. The number of esters is 1. The van der Waals surface area contributed by atoms with Crippen LogP contribution in [-0.4, -0.2) is 13.1 Å². The summed E-state index contributed by atoms with van der Waals surface area (Å²) in [5, 5.41) is -0.318. The summed E-state index contributed by atoms with van der Waals surface area (Å²) in [6.45, 7) is 0. The van der Waals surface area contributed by atoms with Crippen LogP contribution in [0.15, 0.2) is 16.6 Å². The summed E-state index contributed by atoms with van der Waals surface area (Å²) >= 11 is 8.57. The first kappa shape index (κ1) is 13.3. The fourth-order valence-corrected chi connectivity index (χ4v) is 1.66. The Balaban J connectivity index is 3.51. The number of carbonyl (C=O) groups is 1. The van der Waals surface area contributed by atoms with Crippen LogP contribution in [0.1, 0.15) is 15.9 Å². The van der Waals surface area contributed by atoms with Crippen molar-refractivity contribution in [3.63, 3.8) is 0 Å². The van der Waals surface area contributed by atoms with Crippen molar-refractivity contribution >= 4 is 33.5 Å². The minimum atomic E-state index is -4.66. The van der Waals surface area contributed by atoms with Crippen molar-refractivity contribution in [1.29, 1.82) is 0 Å². The lowest BCUT2D eigenvalue weighted by atomic mass is 10.1. The quantitative estimate of drug-likeness (QED) is 0.734. The Morgan fingerprint density at radius 1 is 1.44 bits per heavy atom. The summed E-state index contributed by atoms with van der Waals surface area (Å²) in [5.74, 6) is -1.13. The van der Waals surface area contributed by atoms with E-state index in [4.69, 9.17) is 11.6 Å². The summed E-state index contributed by atoms with van der Waals surface area (Å²) in [6, 6.07) is 1.89. The maximum Gasteiger partial charge on any atom is 0.417 e. The second-order valence-electron chi connectivity index (χ2n) is 2.77. The highest BCUT2D eigenvalue weighted by molar-refractivity contribution is 9.10. The van der Waals surface area contributed by atoms with Gasteiger partial charge >= 0.3 is 12.1 Å². The largest absolute Gasteiger partial charge is 0.465 e. The molecule has 0 bridgehead atoms. The third kappa shape index (κ3) is 2.49. The van der Waals surface area contributed by atoms with Crippen molar-refractivity contribution in [1.82, 2.24) is 0 Å². The van der Waals surface area contributed by atoms with Crippen LogP contribution < -0.4 is 0 Å². The van der Waals surface area contributed by atoms with Gasteiger partial charge in [-0.2, -0.15) is 13.2 Å². The first-order chi connectivity index (χ1) is 7.29. The van der Waals surface area contributed by atoms with Crippen LogP contribution in [0.4, 0.5) is 13.2 Å². The van der Waals surface area contributed by atoms with Crippen LogP contribution in [0.3, 0.4) is 0 Å². The molecule has 0 saturated heterocycles. The highest BCUT2D eigenvalue weighted by atomic mass is 79.9. The summed E-state index contributed by atoms with van der Waals surface area (Å²) in [6.07, 6.45) is -4.66. The van der Waals surface area contributed by atoms with Gasteiger partial charge in [0.05, 0.1) is 23.3 Å². The molecular weight excluding hydrogens is 312 g/mol. The summed E-state index contributed by atoms with van der Waals surface area (Å²) in [5.41, 5.74) is -1.81. The zero-order valence-corrected chi connectivity index (χ0v) is 10.2. The van der Waals surface area contributed by atoms with Gasteiger partial charge in [-0.15, -0.1) is 0 Å². The Hall–Kier alpha value is -0.750. The predicted molar refractivity (Wildman–Crippen MR) is 55.5 cm³/mol. The number of alkyl halides is 3. The molecule has 0 aliphatic carbocycles. The van der Waals surface area contributed by atoms with E-state index in [0.717, 1.165) is 19.2 Å². The van der Waals surface area contributed by atoms with Crippen molar-refractivity contribution in [2.75, 3.05) is 7.11 Å².